The second kappa shape index (κ2) is 5.41. The molecule has 0 amide bonds. The lowest BCUT2D eigenvalue weighted by atomic mass is 10.1. The Balaban J connectivity index is 1.78. The van der Waals surface area contributed by atoms with Crippen LogP contribution in [-0.4, -0.2) is 4.98 Å². The smallest absolute Gasteiger partial charge is 0.214 e. The largest absolute Gasteiger partial charge is 0.473 e. The van der Waals surface area contributed by atoms with E-state index in [0.717, 1.165) is 10.2 Å². The van der Waals surface area contributed by atoms with Gasteiger partial charge in [-0.15, -0.1) is 0 Å². The van der Waals surface area contributed by atoms with E-state index >= 15 is 0 Å². The highest BCUT2D eigenvalue weighted by atomic mass is 79.9. The Hall–Kier alpha value is -1.87. The predicted octanol–water partition coefficient (Wildman–Crippen LogP) is 4.58. The fourth-order valence-corrected chi connectivity index (χ4v) is 2.28. The number of hydrogen-bond acceptors (Lipinski definition) is 2. The Bertz CT molecular complexity index is 712. The van der Waals surface area contributed by atoms with Gasteiger partial charge in [0.1, 0.15) is 11.2 Å². The van der Waals surface area contributed by atoms with Gasteiger partial charge in [0.25, 0.3) is 0 Å². The number of halogens is 1. The minimum absolute atomic E-state index is 0.522. The van der Waals surface area contributed by atoms with Crippen LogP contribution in [-0.2, 0) is 6.61 Å². The van der Waals surface area contributed by atoms with Gasteiger partial charge in [-0.2, -0.15) is 0 Å². The monoisotopic (exact) mass is 313 g/mol. The first-order valence-electron chi connectivity index (χ1n) is 6.04. The molecule has 0 saturated carbocycles. The normalized spacial score (nSPS) is 10.6. The molecule has 0 atom stereocenters. The topological polar surface area (TPSA) is 22.1 Å². The summed E-state index contributed by atoms with van der Waals surface area (Å²) < 4.78 is 6.46. The molecule has 0 spiro atoms. The van der Waals surface area contributed by atoms with Crippen LogP contribution in [0.5, 0.6) is 5.88 Å². The third kappa shape index (κ3) is 2.93. The summed E-state index contributed by atoms with van der Waals surface area (Å²) in [6.07, 6.45) is 0. The summed E-state index contributed by atoms with van der Waals surface area (Å²) in [4.78, 5) is 4.25. The molecule has 0 radical (unpaired) electrons. The van der Waals surface area contributed by atoms with Gasteiger partial charge in [-0.05, 0) is 44.4 Å². The van der Waals surface area contributed by atoms with Gasteiger partial charge in [0.15, 0.2) is 0 Å². The average Bonchev–Trinajstić information content (AvgIpc) is 2.45. The zero-order chi connectivity index (χ0) is 13.1. The number of pyridine rings is 1. The second-order valence-corrected chi connectivity index (χ2v) is 5.08. The molecule has 94 valence electrons. The van der Waals surface area contributed by atoms with Crippen molar-refractivity contribution in [3.05, 3.63) is 70.8 Å². The highest BCUT2D eigenvalue weighted by molar-refractivity contribution is 9.10. The van der Waals surface area contributed by atoms with Crippen LogP contribution in [0.2, 0.25) is 0 Å². The molecule has 2 nitrogen and oxygen atoms in total. The third-order valence-corrected chi connectivity index (χ3v) is 3.33. The van der Waals surface area contributed by atoms with Gasteiger partial charge in [0, 0.05) is 6.07 Å². The van der Waals surface area contributed by atoms with Crippen LogP contribution < -0.4 is 4.74 Å². The maximum Gasteiger partial charge on any atom is 0.214 e. The second-order valence-electron chi connectivity index (χ2n) is 4.27. The van der Waals surface area contributed by atoms with Crippen LogP contribution in [0.4, 0.5) is 0 Å². The number of fused-ring (bicyclic) bond motifs is 1. The Morgan fingerprint density at radius 1 is 0.895 bits per heavy atom. The SMILES string of the molecule is Brc1cccc(OCc2ccc3ccccc3c2)n1. The van der Waals surface area contributed by atoms with Crippen molar-refractivity contribution in [2.24, 2.45) is 0 Å². The first-order chi connectivity index (χ1) is 9.31. The number of rotatable bonds is 3. The molecule has 3 heteroatoms. The standard InChI is InChI=1S/C16H12BrNO/c17-15-6-3-7-16(18-15)19-11-12-8-9-13-4-1-2-5-14(13)10-12/h1-10H,11H2. The van der Waals surface area contributed by atoms with Crippen LogP contribution in [0.1, 0.15) is 5.56 Å². The highest BCUT2D eigenvalue weighted by Gasteiger charge is 1.99. The van der Waals surface area contributed by atoms with Crippen molar-refractivity contribution in [2.75, 3.05) is 0 Å². The molecule has 19 heavy (non-hydrogen) atoms. The number of ether oxygens (including phenoxy) is 1. The lowest BCUT2D eigenvalue weighted by Crippen LogP contribution is -1.97. The van der Waals surface area contributed by atoms with Gasteiger partial charge in [0.2, 0.25) is 5.88 Å². The molecule has 1 aromatic heterocycles. The molecule has 0 N–H and O–H groups in total. The number of hydrogen-bond donors (Lipinski definition) is 0. The fourth-order valence-electron chi connectivity index (χ4n) is 1.96. The summed E-state index contributed by atoms with van der Waals surface area (Å²) in [5.41, 5.74) is 1.14. The van der Waals surface area contributed by atoms with Gasteiger partial charge in [-0.3, -0.25) is 0 Å². The van der Waals surface area contributed by atoms with Crippen LogP contribution in [0.25, 0.3) is 10.8 Å². The van der Waals surface area contributed by atoms with E-state index in [1.54, 1.807) is 0 Å². The average molecular weight is 314 g/mol. The van der Waals surface area contributed by atoms with E-state index in [0.29, 0.717) is 12.5 Å². The number of nitrogens with zero attached hydrogens (tertiary/aromatic N) is 1. The van der Waals surface area contributed by atoms with E-state index in [9.17, 15) is 0 Å². The van der Waals surface area contributed by atoms with Crippen molar-refractivity contribution in [1.29, 1.82) is 0 Å². The van der Waals surface area contributed by atoms with Gasteiger partial charge >= 0.3 is 0 Å². The number of aromatic nitrogens is 1. The summed E-state index contributed by atoms with van der Waals surface area (Å²) in [5.74, 6) is 0.627. The van der Waals surface area contributed by atoms with E-state index in [2.05, 4.69) is 51.2 Å². The minimum atomic E-state index is 0.522. The van der Waals surface area contributed by atoms with Gasteiger partial charge in [0.05, 0.1) is 0 Å². The van der Waals surface area contributed by atoms with Gasteiger partial charge in [-0.25, -0.2) is 4.98 Å². The summed E-state index contributed by atoms with van der Waals surface area (Å²) in [6.45, 7) is 0.522. The molecule has 0 aliphatic carbocycles. The Kier molecular flexibility index (Phi) is 3.47. The number of benzene rings is 2. The molecule has 3 rings (SSSR count). The van der Waals surface area contributed by atoms with Crippen molar-refractivity contribution < 1.29 is 4.74 Å². The zero-order valence-electron chi connectivity index (χ0n) is 10.2. The molecule has 0 aliphatic heterocycles. The van der Waals surface area contributed by atoms with Crippen LogP contribution >= 0.6 is 15.9 Å². The van der Waals surface area contributed by atoms with Crippen LogP contribution in [0, 0.1) is 0 Å². The first kappa shape index (κ1) is 12.2. The predicted molar refractivity (Wildman–Crippen MR) is 80.2 cm³/mol. The van der Waals surface area contributed by atoms with Crippen LogP contribution in [0.3, 0.4) is 0 Å². The molecule has 0 unspecified atom stereocenters. The molecule has 3 aromatic rings. The molecule has 1 heterocycles. The molecular formula is C16H12BrNO. The van der Waals surface area contributed by atoms with Crippen LogP contribution in [0.15, 0.2) is 65.3 Å². The molecular weight excluding hydrogens is 302 g/mol. The molecule has 0 aliphatic rings. The molecule has 0 bridgehead atoms. The summed E-state index contributed by atoms with van der Waals surface area (Å²) >= 11 is 3.33. The lowest BCUT2D eigenvalue weighted by molar-refractivity contribution is 0.293. The van der Waals surface area contributed by atoms with E-state index in [-0.39, 0.29) is 0 Å². The van der Waals surface area contributed by atoms with Crippen molar-refractivity contribution in [3.8, 4) is 5.88 Å². The molecule has 0 fully saturated rings. The van der Waals surface area contributed by atoms with E-state index in [4.69, 9.17) is 4.74 Å². The summed E-state index contributed by atoms with van der Waals surface area (Å²) in [7, 11) is 0. The maximum absolute atomic E-state index is 5.68. The van der Waals surface area contributed by atoms with Crippen molar-refractivity contribution in [2.45, 2.75) is 6.61 Å². The van der Waals surface area contributed by atoms with Gasteiger partial charge in [-0.1, -0.05) is 42.5 Å². The summed E-state index contributed by atoms with van der Waals surface area (Å²) in [6, 6.07) is 20.3. The first-order valence-corrected chi connectivity index (χ1v) is 6.83. The Morgan fingerprint density at radius 3 is 2.58 bits per heavy atom. The Morgan fingerprint density at radius 2 is 1.74 bits per heavy atom. The van der Waals surface area contributed by atoms with Gasteiger partial charge < -0.3 is 4.74 Å². The molecule has 0 saturated heterocycles. The Labute approximate surface area is 120 Å². The van der Waals surface area contributed by atoms with E-state index in [1.807, 2.05) is 30.3 Å². The minimum Gasteiger partial charge on any atom is -0.473 e. The quantitative estimate of drug-likeness (QED) is 0.660. The lowest BCUT2D eigenvalue weighted by Gasteiger charge is -2.06. The maximum atomic E-state index is 5.68. The van der Waals surface area contributed by atoms with E-state index < -0.39 is 0 Å². The fraction of sp³-hybridized carbons (Fsp3) is 0.0625. The zero-order valence-corrected chi connectivity index (χ0v) is 11.8. The third-order valence-electron chi connectivity index (χ3n) is 2.89. The van der Waals surface area contributed by atoms with Crippen molar-refractivity contribution in [1.82, 2.24) is 4.98 Å². The van der Waals surface area contributed by atoms with E-state index in [1.165, 1.54) is 10.8 Å². The van der Waals surface area contributed by atoms with Crippen molar-refractivity contribution in [3.63, 3.8) is 0 Å². The molecule has 2 aromatic carbocycles. The highest BCUT2D eigenvalue weighted by Crippen LogP contribution is 2.18. The van der Waals surface area contributed by atoms with Crippen molar-refractivity contribution >= 4 is 26.7 Å². The summed E-state index contributed by atoms with van der Waals surface area (Å²) in [5, 5.41) is 2.47.